The first-order valence-electron chi connectivity index (χ1n) is 18.9. The lowest BCUT2D eigenvalue weighted by Gasteiger charge is -2.20. The molecule has 0 radical (unpaired) electrons. The van der Waals surface area contributed by atoms with Crippen LogP contribution in [0.2, 0.25) is 0 Å². The van der Waals surface area contributed by atoms with Crippen molar-refractivity contribution in [1.82, 2.24) is 14.1 Å². The van der Waals surface area contributed by atoms with Crippen molar-refractivity contribution in [1.29, 1.82) is 15.8 Å². The van der Waals surface area contributed by atoms with Crippen LogP contribution in [0.25, 0.3) is 98.1 Å². The summed E-state index contributed by atoms with van der Waals surface area (Å²) >= 11 is 0. The van der Waals surface area contributed by atoms with Gasteiger partial charge in [0.1, 0.15) is 0 Å². The summed E-state index contributed by atoms with van der Waals surface area (Å²) in [5.41, 5.74) is 12.3. The number of nitriles is 3. The van der Waals surface area contributed by atoms with E-state index in [1.807, 2.05) is 67.0 Å². The molecule has 0 unspecified atom stereocenters. The molecule has 0 aliphatic rings. The van der Waals surface area contributed by atoms with Crippen LogP contribution in [-0.2, 0) is 0 Å². The Hall–Kier alpha value is -9.26. The molecule has 7 aromatic carbocycles. The van der Waals surface area contributed by atoms with Crippen LogP contribution in [0.5, 0.6) is 0 Å². The molecule has 0 saturated heterocycles. The lowest BCUT2D eigenvalue weighted by molar-refractivity contribution is 1.09. The van der Waals surface area contributed by atoms with E-state index in [9.17, 15) is 15.8 Å². The second-order valence-corrected chi connectivity index (χ2v) is 14.4. The number of benzene rings is 7. The molecule has 0 aliphatic carbocycles. The summed E-state index contributed by atoms with van der Waals surface area (Å²) in [6.07, 6.45) is 3.73. The molecule has 0 bridgehead atoms. The average Bonchev–Trinajstić information content (AvgIpc) is 3.82. The molecule has 10 aromatic rings. The van der Waals surface area contributed by atoms with Gasteiger partial charge >= 0.3 is 0 Å². The fourth-order valence-electron chi connectivity index (χ4n) is 8.45. The van der Waals surface area contributed by atoms with Crippen LogP contribution in [0.1, 0.15) is 16.7 Å². The molecule has 8 nitrogen and oxygen atoms in total. The van der Waals surface area contributed by atoms with Crippen LogP contribution in [-0.4, -0.2) is 14.1 Å². The first kappa shape index (κ1) is 35.2. The molecule has 3 aromatic heterocycles. The third-order valence-electron chi connectivity index (χ3n) is 11.0. The molecular weight excluding hydrogens is 737 g/mol. The summed E-state index contributed by atoms with van der Waals surface area (Å²) in [4.78, 5) is 12.2. The number of hydrogen-bond acceptors (Lipinski definition) is 4. The predicted molar refractivity (Wildman–Crippen MR) is 236 cm³/mol. The summed E-state index contributed by atoms with van der Waals surface area (Å²) in [5, 5.41) is 33.9. The van der Waals surface area contributed by atoms with Crippen molar-refractivity contribution < 1.29 is 0 Å². The Morgan fingerprint density at radius 1 is 0.417 bits per heavy atom. The highest BCUT2D eigenvalue weighted by Gasteiger charge is 2.23. The molecule has 0 atom stereocenters. The molecule has 0 aliphatic heterocycles. The minimum Gasteiger partial charge on any atom is -0.307 e. The summed E-state index contributed by atoms with van der Waals surface area (Å²) in [5.74, 6) is 0. The van der Waals surface area contributed by atoms with Gasteiger partial charge in [-0.05, 0) is 101 Å². The van der Waals surface area contributed by atoms with E-state index in [1.165, 1.54) is 0 Å². The Morgan fingerprint density at radius 2 is 0.883 bits per heavy atom. The SMILES string of the molecule is [C-]#[N+]c1cc(C#N)cc(-c2ccc3c4ccccc4n(-c4cncc(-n5c6ccccc6c6ccc(-c7cc(C#N)cc([N+]#[C-])c7)cc65)c4-c4cccc(C#N)c4)c3c2)c1. The van der Waals surface area contributed by atoms with Crippen molar-refractivity contribution in [3.05, 3.63) is 198 Å². The van der Waals surface area contributed by atoms with E-state index in [0.29, 0.717) is 28.1 Å². The lowest BCUT2D eigenvalue weighted by atomic mass is 9.99. The van der Waals surface area contributed by atoms with E-state index in [-0.39, 0.29) is 0 Å². The Bertz CT molecular complexity index is 3400. The number of fused-ring (bicyclic) bond motifs is 6. The minimum absolute atomic E-state index is 0.389. The van der Waals surface area contributed by atoms with Crippen molar-refractivity contribution in [2.75, 3.05) is 0 Å². The summed E-state index contributed by atoms with van der Waals surface area (Å²) in [6.45, 7) is 15.4. The normalized spacial score (nSPS) is 10.9. The fraction of sp³-hybridized carbons (Fsp3) is 0. The van der Waals surface area contributed by atoms with Crippen LogP contribution in [0.3, 0.4) is 0 Å². The molecule has 0 amide bonds. The summed E-state index contributed by atoms with van der Waals surface area (Å²) < 4.78 is 4.42. The number of pyridine rings is 1. The third-order valence-corrected chi connectivity index (χ3v) is 11.0. The Balaban J connectivity index is 1.32. The minimum atomic E-state index is 0.389. The molecule has 0 saturated carbocycles. The highest BCUT2D eigenvalue weighted by Crippen LogP contribution is 2.43. The number of hydrogen-bond donors (Lipinski definition) is 0. The third kappa shape index (κ3) is 5.61. The van der Waals surface area contributed by atoms with Gasteiger partial charge < -0.3 is 9.13 Å². The van der Waals surface area contributed by atoms with Gasteiger partial charge in [-0.1, -0.05) is 72.8 Å². The van der Waals surface area contributed by atoms with Gasteiger partial charge in [0.2, 0.25) is 0 Å². The summed E-state index contributed by atoms with van der Waals surface area (Å²) in [6, 6.07) is 53.6. The zero-order valence-corrected chi connectivity index (χ0v) is 31.6. The molecule has 0 fully saturated rings. The van der Waals surface area contributed by atoms with Crippen LogP contribution in [0, 0.1) is 47.1 Å². The number of aromatic nitrogens is 3. The van der Waals surface area contributed by atoms with Crippen LogP contribution in [0.4, 0.5) is 11.4 Å². The molecule has 8 heteroatoms. The van der Waals surface area contributed by atoms with Gasteiger partial charge in [0, 0.05) is 38.2 Å². The van der Waals surface area contributed by atoms with Gasteiger partial charge in [-0.3, -0.25) is 4.98 Å². The Kier molecular flexibility index (Phi) is 8.23. The maximum Gasteiger partial charge on any atom is 0.189 e. The van der Waals surface area contributed by atoms with Gasteiger partial charge in [-0.2, -0.15) is 15.8 Å². The van der Waals surface area contributed by atoms with Crippen molar-refractivity contribution in [3.63, 3.8) is 0 Å². The molecule has 274 valence electrons. The van der Waals surface area contributed by atoms with Gasteiger partial charge in [0.15, 0.2) is 11.4 Å². The zero-order chi connectivity index (χ0) is 40.9. The first-order chi connectivity index (χ1) is 29.5. The van der Waals surface area contributed by atoms with Crippen LogP contribution < -0.4 is 0 Å². The molecule has 0 N–H and O–H groups in total. The van der Waals surface area contributed by atoms with Crippen LogP contribution >= 0.6 is 0 Å². The lowest BCUT2D eigenvalue weighted by Crippen LogP contribution is -2.05. The van der Waals surface area contributed by atoms with E-state index in [2.05, 4.69) is 85.6 Å². The van der Waals surface area contributed by atoms with E-state index in [1.54, 1.807) is 42.5 Å². The average molecular weight is 763 g/mol. The molecule has 3 heterocycles. The predicted octanol–water partition coefficient (Wildman–Crippen LogP) is 13.0. The van der Waals surface area contributed by atoms with Gasteiger partial charge in [0.05, 0.1) is 82.8 Å². The maximum atomic E-state index is 10.2. The molecular formula is C52H26N8. The van der Waals surface area contributed by atoms with Crippen LogP contribution in [0.15, 0.2) is 158 Å². The topological polar surface area (TPSA) is 103 Å². The van der Waals surface area contributed by atoms with Gasteiger partial charge in [-0.15, -0.1) is 0 Å². The van der Waals surface area contributed by atoms with Gasteiger partial charge in [0.25, 0.3) is 0 Å². The van der Waals surface area contributed by atoms with E-state index >= 15 is 0 Å². The molecule has 60 heavy (non-hydrogen) atoms. The van der Waals surface area contributed by atoms with E-state index in [4.69, 9.17) is 18.1 Å². The summed E-state index contributed by atoms with van der Waals surface area (Å²) in [7, 11) is 0. The number of nitrogens with zero attached hydrogens (tertiary/aromatic N) is 8. The Labute approximate surface area is 344 Å². The molecule has 10 rings (SSSR count). The second kappa shape index (κ2) is 14.0. The largest absolute Gasteiger partial charge is 0.307 e. The Morgan fingerprint density at radius 3 is 1.37 bits per heavy atom. The van der Waals surface area contributed by atoms with Crippen molar-refractivity contribution in [3.8, 4) is 63.0 Å². The fourth-order valence-corrected chi connectivity index (χ4v) is 8.45. The number of para-hydroxylation sites is 2. The smallest absolute Gasteiger partial charge is 0.189 e. The maximum absolute atomic E-state index is 10.2. The van der Waals surface area contributed by atoms with E-state index < -0.39 is 0 Å². The molecule has 0 spiro atoms. The van der Waals surface area contributed by atoms with E-state index in [0.717, 1.165) is 88.4 Å². The second-order valence-electron chi connectivity index (χ2n) is 14.4. The quantitative estimate of drug-likeness (QED) is 0.163. The highest BCUT2D eigenvalue weighted by atomic mass is 15.0. The van der Waals surface area contributed by atoms with Crippen molar-refractivity contribution in [2.24, 2.45) is 0 Å². The standard InChI is InChI=1S/C52H26N8/c1-56-40-21-33(28-54)19-38(23-40)35-14-16-44-42-10-3-5-12-46(42)59(48(44)25-35)50-30-58-31-51(52(50)37-9-7-8-32(18-37)27-53)60-47-13-6-4-11-43(47)45-17-15-36(26-49(45)60)39-20-34(29-55)22-41(24-39)57-2/h3-26,30-31H. The van der Waals surface area contributed by atoms with Crippen molar-refractivity contribution in [2.45, 2.75) is 0 Å². The number of rotatable bonds is 5. The highest BCUT2D eigenvalue weighted by molar-refractivity contribution is 6.13. The van der Waals surface area contributed by atoms with Crippen molar-refractivity contribution >= 4 is 55.0 Å². The zero-order valence-electron chi connectivity index (χ0n) is 31.6. The van der Waals surface area contributed by atoms with Gasteiger partial charge in [-0.25, -0.2) is 9.69 Å². The first-order valence-corrected chi connectivity index (χ1v) is 18.9. The monoisotopic (exact) mass is 762 g/mol.